The summed E-state index contributed by atoms with van der Waals surface area (Å²) in [5.41, 5.74) is -0.571. The Bertz CT molecular complexity index is 452. The highest BCUT2D eigenvalue weighted by atomic mass is 28.4. The minimum absolute atomic E-state index is 0.0332. The van der Waals surface area contributed by atoms with Crippen LogP contribution >= 0.6 is 0 Å². The summed E-state index contributed by atoms with van der Waals surface area (Å²) in [5.74, 6) is -0.175. The molecule has 1 atom stereocenters. The summed E-state index contributed by atoms with van der Waals surface area (Å²) in [6.07, 6.45) is -0.454. The average molecular weight is 345 g/mol. The van der Waals surface area contributed by atoms with Crippen LogP contribution in [0.4, 0.5) is 4.79 Å². The number of piperazine rings is 1. The highest BCUT2D eigenvalue weighted by Gasteiger charge is 2.39. The first kappa shape index (κ1) is 20.0. The zero-order valence-electron chi connectivity index (χ0n) is 15.8. The molecule has 1 heterocycles. The molecule has 0 aromatic carbocycles. The predicted octanol–water partition coefficient (Wildman–Crippen LogP) is 2.74. The molecule has 0 bridgehead atoms. The maximum absolute atomic E-state index is 12.2. The van der Waals surface area contributed by atoms with Crippen LogP contribution in [0.1, 0.15) is 41.5 Å². The van der Waals surface area contributed by atoms with Crippen molar-refractivity contribution in [2.45, 2.75) is 71.3 Å². The molecule has 23 heavy (non-hydrogen) atoms. The molecule has 7 heteroatoms. The van der Waals surface area contributed by atoms with Crippen molar-refractivity contribution in [3.8, 4) is 0 Å². The second-order valence-corrected chi connectivity index (χ2v) is 13.5. The van der Waals surface area contributed by atoms with E-state index < -0.39 is 20.0 Å². The second-order valence-electron chi connectivity index (χ2n) is 8.70. The van der Waals surface area contributed by atoms with Gasteiger partial charge in [-0.2, -0.15) is 0 Å². The van der Waals surface area contributed by atoms with E-state index in [1.54, 1.807) is 0 Å². The normalized spacial score (nSPS) is 20.3. The van der Waals surface area contributed by atoms with Crippen molar-refractivity contribution in [3.05, 3.63) is 0 Å². The number of hydrogen-bond donors (Lipinski definition) is 1. The highest BCUT2D eigenvalue weighted by Crippen LogP contribution is 2.36. The number of carbonyl (C=O) groups is 2. The molecule has 0 aromatic heterocycles. The number of amides is 2. The number of rotatable bonds is 3. The van der Waals surface area contributed by atoms with Crippen molar-refractivity contribution in [1.29, 1.82) is 0 Å². The fraction of sp³-hybridized carbons (Fsp3) is 0.875. The molecule has 1 fully saturated rings. The van der Waals surface area contributed by atoms with E-state index in [-0.39, 0.29) is 23.5 Å². The second kappa shape index (κ2) is 6.81. The fourth-order valence-electron chi connectivity index (χ4n) is 1.91. The zero-order valence-corrected chi connectivity index (χ0v) is 16.8. The zero-order chi connectivity index (χ0) is 18.1. The Hall–Kier alpha value is -1.08. The van der Waals surface area contributed by atoms with Gasteiger partial charge in [0, 0.05) is 6.54 Å². The van der Waals surface area contributed by atoms with Gasteiger partial charge in [-0.1, -0.05) is 20.8 Å². The van der Waals surface area contributed by atoms with E-state index in [2.05, 4.69) is 39.2 Å². The van der Waals surface area contributed by atoms with E-state index in [0.29, 0.717) is 13.2 Å². The van der Waals surface area contributed by atoms with Crippen LogP contribution in [0, 0.1) is 0 Å². The first-order valence-electron chi connectivity index (χ1n) is 8.12. The molecule has 0 radical (unpaired) electrons. The van der Waals surface area contributed by atoms with Crippen molar-refractivity contribution >= 4 is 20.3 Å². The molecule has 1 aliphatic rings. The van der Waals surface area contributed by atoms with Gasteiger partial charge >= 0.3 is 6.09 Å². The van der Waals surface area contributed by atoms with E-state index in [1.807, 2.05) is 20.8 Å². The molecule has 6 nitrogen and oxygen atoms in total. The first-order valence-corrected chi connectivity index (χ1v) is 11.0. The third kappa shape index (κ3) is 6.14. The Balaban J connectivity index is 2.65. The van der Waals surface area contributed by atoms with Crippen LogP contribution in [-0.2, 0) is 14.0 Å². The van der Waals surface area contributed by atoms with Crippen molar-refractivity contribution in [1.82, 2.24) is 10.2 Å². The molecule has 1 N–H and O–H groups in total. The molecule has 0 aliphatic carbocycles. The third-order valence-corrected chi connectivity index (χ3v) is 8.74. The largest absolute Gasteiger partial charge is 0.444 e. The Labute approximate surface area is 141 Å². The maximum atomic E-state index is 12.2. The van der Waals surface area contributed by atoms with E-state index >= 15 is 0 Å². The molecule has 0 saturated carbocycles. The maximum Gasteiger partial charge on any atom is 0.410 e. The molecule has 0 unspecified atom stereocenters. The molecule has 1 saturated heterocycles. The lowest BCUT2D eigenvalue weighted by atomic mass is 10.2. The monoisotopic (exact) mass is 344 g/mol. The van der Waals surface area contributed by atoms with Gasteiger partial charge in [0.1, 0.15) is 12.1 Å². The standard InChI is InChI=1S/C16H32N2O4Si/c1-15(2,3)22-14(20)18-9-12(17-13(19)10-18)11-21-23(7,8)16(4,5)6/h12H,9-11H2,1-8H3,(H,17,19)/t12-/m1/s1. The lowest BCUT2D eigenvalue weighted by Gasteiger charge is -2.39. The van der Waals surface area contributed by atoms with Crippen LogP contribution in [0.3, 0.4) is 0 Å². The fourth-order valence-corrected chi connectivity index (χ4v) is 2.96. The van der Waals surface area contributed by atoms with Gasteiger partial charge in [0.15, 0.2) is 8.32 Å². The molecule has 2 amide bonds. The Morgan fingerprint density at radius 2 is 1.83 bits per heavy atom. The summed E-state index contributed by atoms with van der Waals surface area (Å²) in [6, 6.07) is -0.196. The smallest absolute Gasteiger partial charge is 0.410 e. The average Bonchev–Trinajstić information content (AvgIpc) is 2.32. The molecule has 1 aliphatic heterocycles. The minimum Gasteiger partial charge on any atom is -0.444 e. The van der Waals surface area contributed by atoms with Crippen LogP contribution in [0.2, 0.25) is 18.1 Å². The van der Waals surface area contributed by atoms with Crippen LogP contribution < -0.4 is 5.32 Å². The summed E-state index contributed by atoms with van der Waals surface area (Å²) in [6.45, 7) is 17.2. The van der Waals surface area contributed by atoms with Gasteiger partial charge < -0.3 is 14.5 Å². The Morgan fingerprint density at radius 3 is 2.30 bits per heavy atom. The van der Waals surface area contributed by atoms with Gasteiger partial charge in [-0.05, 0) is 38.9 Å². The van der Waals surface area contributed by atoms with E-state index in [1.165, 1.54) is 4.90 Å². The molecule has 1 rings (SSSR count). The summed E-state index contributed by atoms with van der Waals surface area (Å²) < 4.78 is 11.5. The van der Waals surface area contributed by atoms with E-state index in [0.717, 1.165) is 0 Å². The summed E-state index contributed by atoms with van der Waals surface area (Å²) >= 11 is 0. The highest BCUT2D eigenvalue weighted by molar-refractivity contribution is 6.74. The van der Waals surface area contributed by atoms with Crippen molar-refractivity contribution < 1.29 is 18.8 Å². The Kier molecular flexibility index (Phi) is 5.91. The van der Waals surface area contributed by atoms with Gasteiger partial charge in [-0.25, -0.2) is 4.79 Å². The molecular weight excluding hydrogens is 312 g/mol. The van der Waals surface area contributed by atoms with Gasteiger partial charge in [-0.15, -0.1) is 0 Å². The van der Waals surface area contributed by atoms with Gasteiger partial charge in [0.25, 0.3) is 0 Å². The topological polar surface area (TPSA) is 67.9 Å². The molecular formula is C16H32N2O4Si. The predicted molar refractivity (Wildman–Crippen MR) is 92.9 cm³/mol. The third-order valence-electron chi connectivity index (χ3n) is 4.24. The number of ether oxygens (including phenoxy) is 1. The summed E-state index contributed by atoms with van der Waals surface area (Å²) in [4.78, 5) is 25.5. The summed E-state index contributed by atoms with van der Waals surface area (Å²) in [7, 11) is -1.88. The lowest BCUT2D eigenvalue weighted by Crippen LogP contribution is -2.59. The van der Waals surface area contributed by atoms with Crippen LogP contribution in [0.25, 0.3) is 0 Å². The van der Waals surface area contributed by atoms with Crippen molar-refractivity contribution in [2.24, 2.45) is 0 Å². The molecule has 134 valence electrons. The lowest BCUT2D eigenvalue weighted by molar-refractivity contribution is -0.126. The number of carbonyl (C=O) groups excluding carboxylic acids is 2. The van der Waals surface area contributed by atoms with Crippen LogP contribution in [0.5, 0.6) is 0 Å². The SMILES string of the molecule is CC(C)(C)OC(=O)N1CC(=O)N[C@@H](CO[Si](C)(C)C(C)(C)C)C1. The van der Waals surface area contributed by atoms with Crippen LogP contribution in [0.15, 0.2) is 0 Å². The number of nitrogens with one attached hydrogen (secondary N) is 1. The number of nitrogens with zero attached hydrogens (tertiary/aromatic N) is 1. The van der Waals surface area contributed by atoms with Crippen LogP contribution in [-0.4, -0.2) is 56.6 Å². The van der Waals surface area contributed by atoms with E-state index in [9.17, 15) is 9.59 Å². The first-order chi connectivity index (χ1) is 10.2. The van der Waals surface area contributed by atoms with Gasteiger partial charge in [0.2, 0.25) is 5.91 Å². The number of hydrogen-bond acceptors (Lipinski definition) is 4. The molecule has 0 spiro atoms. The van der Waals surface area contributed by atoms with Crippen molar-refractivity contribution in [2.75, 3.05) is 19.7 Å². The quantitative estimate of drug-likeness (QED) is 0.799. The van der Waals surface area contributed by atoms with Gasteiger partial charge in [0.05, 0.1) is 12.6 Å². The Morgan fingerprint density at radius 1 is 1.26 bits per heavy atom. The minimum atomic E-state index is -1.88. The molecule has 0 aromatic rings. The van der Waals surface area contributed by atoms with E-state index in [4.69, 9.17) is 9.16 Å². The van der Waals surface area contributed by atoms with Gasteiger partial charge in [-0.3, -0.25) is 9.69 Å². The summed E-state index contributed by atoms with van der Waals surface area (Å²) in [5, 5.41) is 3.00. The van der Waals surface area contributed by atoms with Crippen molar-refractivity contribution in [3.63, 3.8) is 0 Å².